The van der Waals surface area contributed by atoms with Gasteiger partial charge in [-0.2, -0.15) is 13.2 Å². The summed E-state index contributed by atoms with van der Waals surface area (Å²) < 4.78 is 41.2. The van der Waals surface area contributed by atoms with E-state index >= 15 is 0 Å². The molecule has 1 fully saturated rings. The van der Waals surface area contributed by atoms with Crippen molar-refractivity contribution >= 4 is 5.69 Å². The largest absolute Gasteiger partial charge is 0.419 e. The van der Waals surface area contributed by atoms with Gasteiger partial charge in [0.2, 0.25) is 0 Å². The van der Waals surface area contributed by atoms with Crippen molar-refractivity contribution in [3.8, 4) is 11.1 Å². The highest BCUT2D eigenvalue weighted by molar-refractivity contribution is 5.74. The van der Waals surface area contributed by atoms with Gasteiger partial charge in [-0.05, 0) is 5.56 Å². The second kappa shape index (κ2) is 6.08. The van der Waals surface area contributed by atoms with E-state index in [1.165, 1.54) is 4.90 Å². The molecule has 122 valence electrons. The number of alkyl halides is 3. The van der Waals surface area contributed by atoms with E-state index in [1.807, 2.05) is 0 Å². The lowest BCUT2D eigenvalue weighted by molar-refractivity contribution is -0.136. The number of H-pyrrole nitrogens is 1. The van der Waals surface area contributed by atoms with Gasteiger partial charge in [0.05, 0.1) is 5.56 Å². The molecule has 7 heteroatoms. The van der Waals surface area contributed by atoms with E-state index in [4.69, 9.17) is 0 Å². The number of halogens is 3. The highest BCUT2D eigenvalue weighted by Gasteiger charge is 2.39. The summed E-state index contributed by atoms with van der Waals surface area (Å²) in [5.74, 6) is 0. The monoisotopic (exact) mass is 323 g/mol. The Morgan fingerprint density at radius 3 is 2.30 bits per heavy atom. The van der Waals surface area contributed by atoms with Gasteiger partial charge in [-0.15, -0.1) is 0 Å². The molecule has 0 amide bonds. The van der Waals surface area contributed by atoms with Crippen molar-refractivity contribution in [1.82, 2.24) is 10.3 Å². The van der Waals surface area contributed by atoms with E-state index < -0.39 is 17.3 Å². The van der Waals surface area contributed by atoms with Crippen molar-refractivity contribution in [1.29, 1.82) is 0 Å². The van der Waals surface area contributed by atoms with Gasteiger partial charge in [0.1, 0.15) is 5.69 Å². The van der Waals surface area contributed by atoms with E-state index in [1.54, 1.807) is 30.3 Å². The van der Waals surface area contributed by atoms with Gasteiger partial charge >= 0.3 is 6.18 Å². The van der Waals surface area contributed by atoms with Crippen molar-refractivity contribution in [2.24, 2.45) is 0 Å². The molecule has 0 radical (unpaired) electrons. The van der Waals surface area contributed by atoms with Crippen LogP contribution in [0.2, 0.25) is 0 Å². The molecular weight excluding hydrogens is 307 g/mol. The molecule has 0 aliphatic carbocycles. The quantitative estimate of drug-likeness (QED) is 0.893. The first-order valence-corrected chi connectivity index (χ1v) is 7.32. The fraction of sp³-hybridized carbons (Fsp3) is 0.312. The molecule has 2 N–H and O–H groups in total. The Balaban J connectivity index is 2.24. The number of aromatic nitrogens is 1. The molecule has 1 aromatic heterocycles. The number of nitrogens with one attached hydrogen (secondary N) is 2. The number of aromatic amines is 1. The van der Waals surface area contributed by atoms with Crippen LogP contribution in [0.3, 0.4) is 0 Å². The van der Waals surface area contributed by atoms with Crippen molar-refractivity contribution < 1.29 is 13.2 Å². The lowest BCUT2D eigenvalue weighted by Crippen LogP contribution is -2.46. The molecule has 2 aromatic rings. The summed E-state index contributed by atoms with van der Waals surface area (Å²) in [5, 5.41) is 3.07. The molecule has 0 spiro atoms. The highest BCUT2D eigenvalue weighted by Crippen LogP contribution is 2.41. The number of piperazine rings is 1. The summed E-state index contributed by atoms with van der Waals surface area (Å²) in [6.45, 7) is 1.83. The maximum atomic E-state index is 13.7. The van der Waals surface area contributed by atoms with Crippen LogP contribution in [-0.4, -0.2) is 31.2 Å². The van der Waals surface area contributed by atoms with E-state index in [0.29, 0.717) is 31.7 Å². The van der Waals surface area contributed by atoms with Crippen LogP contribution >= 0.6 is 0 Å². The van der Waals surface area contributed by atoms with E-state index in [0.717, 1.165) is 6.20 Å². The molecule has 4 nitrogen and oxygen atoms in total. The van der Waals surface area contributed by atoms with Gasteiger partial charge in [0.15, 0.2) is 0 Å². The third kappa shape index (κ3) is 3.10. The number of nitrogens with zero attached hydrogens (tertiary/aromatic N) is 1. The second-order valence-electron chi connectivity index (χ2n) is 5.36. The topological polar surface area (TPSA) is 48.1 Å². The number of hydrogen-bond donors (Lipinski definition) is 2. The van der Waals surface area contributed by atoms with E-state index in [9.17, 15) is 18.0 Å². The molecule has 0 saturated carbocycles. The van der Waals surface area contributed by atoms with Crippen LogP contribution in [0.4, 0.5) is 18.9 Å². The van der Waals surface area contributed by atoms with Crippen LogP contribution in [0.1, 0.15) is 5.56 Å². The summed E-state index contributed by atoms with van der Waals surface area (Å²) >= 11 is 0. The third-order valence-electron chi connectivity index (χ3n) is 3.87. The zero-order chi connectivity index (χ0) is 16.4. The van der Waals surface area contributed by atoms with Crippen molar-refractivity contribution in [3.63, 3.8) is 0 Å². The molecule has 3 rings (SSSR count). The zero-order valence-corrected chi connectivity index (χ0v) is 12.3. The Kier molecular flexibility index (Phi) is 4.12. The SMILES string of the molecule is O=c1[nH]cc(-c2ccccc2)c(C(F)(F)F)c1N1CCNCC1. The van der Waals surface area contributed by atoms with Gasteiger partial charge in [-0.1, -0.05) is 30.3 Å². The molecular formula is C16H16F3N3O. The lowest BCUT2D eigenvalue weighted by atomic mass is 9.99. The minimum atomic E-state index is -4.61. The molecule has 1 saturated heterocycles. The van der Waals surface area contributed by atoms with Crippen molar-refractivity contribution in [2.45, 2.75) is 6.18 Å². The van der Waals surface area contributed by atoms with Crippen LogP contribution in [0, 0.1) is 0 Å². The number of hydrogen-bond acceptors (Lipinski definition) is 3. The summed E-state index contributed by atoms with van der Waals surface area (Å²) in [7, 11) is 0. The molecule has 0 unspecified atom stereocenters. The number of pyridine rings is 1. The first-order chi connectivity index (χ1) is 11.0. The maximum absolute atomic E-state index is 13.7. The fourth-order valence-corrected chi connectivity index (χ4v) is 2.84. The van der Waals surface area contributed by atoms with Crippen LogP contribution in [-0.2, 0) is 6.18 Å². The van der Waals surface area contributed by atoms with Gasteiger partial charge in [-0.25, -0.2) is 0 Å². The van der Waals surface area contributed by atoms with Gasteiger partial charge < -0.3 is 15.2 Å². The van der Waals surface area contributed by atoms with E-state index in [2.05, 4.69) is 10.3 Å². The molecule has 23 heavy (non-hydrogen) atoms. The standard InChI is InChI=1S/C16H16F3N3O/c17-16(18,19)13-12(11-4-2-1-3-5-11)10-21-15(23)14(13)22-8-6-20-7-9-22/h1-5,10,20H,6-9H2,(H,21,23). The zero-order valence-electron chi connectivity index (χ0n) is 12.3. The summed E-state index contributed by atoms with van der Waals surface area (Å²) in [5.41, 5.74) is -1.45. The number of benzene rings is 1. The molecule has 0 bridgehead atoms. The number of rotatable bonds is 2. The molecule has 1 aromatic carbocycles. The maximum Gasteiger partial charge on any atom is 0.419 e. The summed E-state index contributed by atoms with van der Waals surface area (Å²) in [4.78, 5) is 16.1. The van der Waals surface area contributed by atoms with Crippen molar-refractivity contribution in [3.05, 3.63) is 52.4 Å². The fourth-order valence-electron chi connectivity index (χ4n) is 2.84. The first-order valence-electron chi connectivity index (χ1n) is 7.32. The predicted molar refractivity (Wildman–Crippen MR) is 82.6 cm³/mol. The predicted octanol–water partition coefficient (Wildman–Crippen LogP) is 2.47. The Labute approximate surface area is 130 Å². The van der Waals surface area contributed by atoms with Crippen LogP contribution < -0.4 is 15.8 Å². The van der Waals surface area contributed by atoms with Gasteiger partial charge in [0.25, 0.3) is 5.56 Å². The van der Waals surface area contributed by atoms with Gasteiger partial charge in [-0.3, -0.25) is 4.79 Å². The van der Waals surface area contributed by atoms with Crippen LogP contribution in [0.5, 0.6) is 0 Å². The smallest absolute Gasteiger partial charge is 0.364 e. The summed E-state index contributed by atoms with van der Waals surface area (Å²) in [6, 6.07) is 8.28. The minimum Gasteiger partial charge on any atom is -0.364 e. The molecule has 0 atom stereocenters. The average Bonchev–Trinajstić information content (AvgIpc) is 2.55. The molecule has 1 aliphatic rings. The van der Waals surface area contributed by atoms with Crippen LogP contribution in [0.25, 0.3) is 11.1 Å². The van der Waals surface area contributed by atoms with Crippen LogP contribution in [0.15, 0.2) is 41.3 Å². The third-order valence-corrected chi connectivity index (χ3v) is 3.87. The molecule has 1 aliphatic heterocycles. The Morgan fingerprint density at radius 2 is 1.70 bits per heavy atom. The second-order valence-corrected chi connectivity index (χ2v) is 5.36. The minimum absolute atomic E-state index is 0.00812. The number of anilines is 1. The summed E-state index contributed by atoms with van der Waals surface area (Å²) in [6.07, 6.45) is -3.47. The van der Waals surface area contributed by atoms with Gasteiger partial charge in [0, 0.05) is 37.9 Å². The van der Waals surface area contributed by atoms with Crippen molar-refractivity contribution in [2.75, 3.05) is 31.1 Å². The molecule has 2 heterocycles. The first kappa shape index (κ1) is 15.6. The Morgan fingerprint density at radius 1 is 1.04 bits per heavy atom. The Bertz CT molecular complexity index is 734. The lowest BCUT2D eigenvalue weighted by Gasteiger charge is -2.31. The average molecular weight is 323 g/mol. The van der Waals surface area contributed by atoms with E-state index in [-0.39, 0.29) is 11.3 Å². The highest BCUT2D eigenvalue weighted by atomic mass is 19.4. The Hall–Kier alpha value is -2.28. The normalized spacial score (nSPS) is 15.7.